The van der Waals surface area contributed by atoms with Crippen LogP contribution in [0.2, 0.25) is 0 Å². The Balaban J connectivity index is 1.33. The number of amides is 2. The first-order valence-electron chi connectivity index (χ1n) is 8.71. The van der Waals surface area contributed by atoms with Gasteiger partial charge >= 0.3 is 0 Å². The van der Waals surface area contributed by atoms with Gasteiger partial charge in [0.15, 0.2) is 0 Å². The molecule has 5 rings (SSSR count). The maximum atomic E-state index is 13.0. The molecule has 3 aliphatic rings. The fourth-order valence-electron chi connectivity index (χ4n) is 4.33. The molecule has 134 valence electrons. The zero-order valence-electron chi connectivity index (χ0n) is 14.5. The van der Waals surface area contributed by atoms with Crippen molar-refractivity contribution in [1.82, 2.24) is 10.3 Å². The molecule has 6 heteroatoms. The molecule has 2 amide bonds. The van der Waals surface area contributed by atoms with Gasteiger partial charge in [0.25, 0.3) is 5.91 Å². The van der Waals surface area contributed by atoms with Crippen molar-refractivity contribution in [3.05, 3.63) is 60.2 Å². The molecule has 1 aromatic carbocycles. The Hall–Kier alpha value is -2.76. The monoisotopic (exact) mass is 353 g/mol. The predicted molar refractivity (Wildman–Crippen MR) is 94.9 cm³/mol. The van der Waals surface area contributed by atoms with Crippen LogP contribution in [-0.2, 0) is 4.79 Å². The van der Waals surface area contributed by atoms with E-state index in [-0.39, 0.29) is 34.5 Å². The minimum atomic E-state index is -0.332. The van der Waals surface area contributed by atoms with E-state index >= 15 is 0 Å². The summed E-state index contributed by atoms with van der Waals surface area (Å²) in [4.78, 5) is 28.8. The lowest BCUT2D eigenvalue weighted by Gasteiger charge is -2.72. The summed E-state index contributed by atoms with van der Waals surface area (Å²) in [6.07, 6.45) is 5.61. The smallest absolute Gasteiger partial charge is 0.253 e. The summed E-state index contributed by atoms with van der Waals surface area (Å²) in [6, 6.07) is 9.23. The van der Waals surface area contributed by atoms with Gasteiger partial charge in [-0.1, -0.05) is 6.92 Å². The summed E-state index contributed by atoms with van der Waals surface area (Å²) in [5, 5.41) is 5.94. The number of hydrogen-bond donors (Lipinski definition) is 2. The van der Waals surface area contributed by atoms with E-state index in [9.17, 15) is 14.0 Å². The molecular formula is C20H20FN3O2. The van der Waals surface area contributed by atoms with Gasteiger partial charge in [-0.2, -0.15) is 0 Å². The predicted octanol–water partition coefficient (Wildman–Crippen LogP) is 3.15. The molecule has 1 aromatic heterocycles. The summed E-state index contributed by atoms with van der Waals surface area (Å²) in [7, 11) is 0. The van der Waals surface area contributed by atoms with Gasteiger partial charge in [0, 0.05) is 29.5 Å². The van der Waals surface area contributed by atoms with Crippen molar-refractivity contribution in [2.75, 3.05) is 5.32 Å². The van der Waals surface area contributed by atoms with Gasteiger partial charge in [0.1, 0.15) is 5.82 Å². The molecule has 26 heavy (non-hydrogen) atoms. The number of nitrogens with one attached hydrogen (secondary N) is 2. The Bertz CT molecular complexity index is 831. The minimum absolute atomic E-state index is 0.0493. The van der Waals surface area contributed by atoms with E-state index < -0.39 is 0 Å². The number of hydrogen-bond acceptors (Lipinski definition) is 3. The molecule has 1 unspecified atom stereocenters. The molecule has 1 heterocycles. The fourth-order valence-corrected chi connectivity index (χ4v) is 4.33. The van der Waals surface area contributed by atoms with Crippen molar-refractivity contribution in [2.24, 2.45) is 11.3 Å². The first-order valence-corrected chi connectivity index (χ1v) is 8.71. The Labute approximate surface area is 151 Å². The molecule has 1 atom stereocenters. The van der Waals surface area contributed by atoms with Crippen LogP contribution in [0.15, 0.2) is 48.8 Å². The number of anilines is 1. The Morgan fingerprint density at radius 3 is 2.46 bits per heavy atom. The second-order valence-corrected chi connectivity index (χ2v) is 7.59. The van der Waals surface area contributed by atoms with Gasteiger partial charge in [-0.25, -0.2) is 4.39 Å². The molecule has 3 fully saturated rings. The highest BCUT2D eigenvalue weighted by Crippen LogP contribution is 2.70. The third-order valence-electron chi connectivity index (χ3n) is 5.80. The Morgan fingerprint density at radius 2 is 1.85 bits per heavy atom. The fraction of sp³-hybridized carbons (Fsp3) is 0.350. The summed E-state index contributed by atoms with van der Waals surface area (Å²) < 4.78 is 13.0. The normalized spacial score (nSPS) is 26.8. The van der Waals surface area contributed by atoms with Crippen molar-refractivity contribution in [3.63, 3.8) is 0 Å². The third kappa shape index (κ3) is 2.75. The molecule has 0 aliphatic heterocycles. The van der Waals surface area contributed by atoms with Crippen LogP contribution in [0.4, 0.5) is 10.1 Å². The Morgan fingerprint density at radius 1 is 1.15 bits per heavy atom. The molecule has 0 spiro atoms. The number of halogens is 1. The average molecular weight is 353 g/mol. The number of aromatic nitrogens is 1. The molecule has 3 aliphatic carbocycles. The van der Waals surface area contributed by atoms with Crippen LogP contribution in [0, 0.1) is 17.2 Å². The van der Waals surface area contributed by atoms with Gasteiger partial charge in [-0.15, -0.1) is 0 Å². The number of rotatable bonds is 5. The summed E-state index contributed by atoms with van der Waals surface area (Å²) >= 11 is 0. The van der Waals surface area contributed by atoms with E-state index in [4.69, 9.17) is 0 Å². The first kappa shape index (κ1) is 16.7. The summed E-state index contributed by atoms with van der Waals surface area (Å²) in [6.45, 7) is 1.92. The van der Waals surface area contributed by atoms with E-state index in [1.54, 1.807) is 36.7 Å². The number of carbonyl (C=O) groups excluding carboxylic acids is 2. The van der Waals surface area contributed by atoms with Crippen LogP contribution >= 0.6 is 0 Å². The van der Waals surface area contributed by atoms with Gasteiger partial charge in [-0.3, -0.25) is 14.6 Å². The largest absolute Gasteiger partial charge is 0.346 e. The minimum Gasteiger partial charge on any atom is -0.346 e. The summed E-state index contributed by atoms with van der Waals surface area (Å²) in [5.74, 6) is -0.676. The number of benzene rings is 1. The van der Waals surface area contributed by atoms with Crippen LogP contribution < -0.4 is 10.6 Å². The van der Waals surface area contributed by atoms with E-state index in [1.165, 1.54) is 12.1 Å². The zero-order valence-corrected chi connectivity index (χ0v) is 14.5. The summed E-state index contributed by atoms with van der Waals surface area (Å²) in [5.41, 5.74) is 0.909. The molecule has 2 aromatic rings. The highest BCUT2D eigenvalue weighted by Gasteiger charge is 2.71. The zero-order chi connectivity index (χ0) is 18.4. The van der Waals surface area contributed by atoms with Crippen molar-refractivity contribution in [1.29, 1.82) is 0 Å². The van der Waals surface area contributed by atoms with Crippen LogP contribution in [0.25, 0.3) is 0 Å². The molecular weight excluding hydrogens is 333 g/mol. The average Bonchev–Trinajstić information content (AvgIpc) is 2.58. The van der Waals surface area contributed by atoms with Gasteiger partial charge < -0.3 is 10.6 Å². The van der Waals surface area contributed by atoms with Gasteiger partial charge in [-0.05, 0) is 61.1 Å². The Kier molecular flexibility index (Phi) is 3.79. The molecule has 0 radical (unpaired) electrons. The van der Waals surface area contributed by atoms with E-state index in [0.29, 0.717) is 11.3 Å². The van der Waals surface area contributed by atoms with Crippen LogP contribution in [0.5, 0.6) is 0 Å². The molecule has 3 saturated carbocycles. The van der Waals surface area contributed by atoms with Crippen LogP contribution in [0.1, 0.15) is 36.5 Å². The second-order valence-electron chi connectivity index (χ2n) is 7.59. The van der Waals surface area contributed by atoms with E-state index in [0.717, 1.165) is 19.3 Å². The highest BCUT2D eigenvalue weighted by atomic mass is 19.1. The van der Waals surface area contributed by atoms with Gasteiger partial charge in [0.05, 0.1) is 5.56 Å². The maximum absolute atomic E-state index is 13.0. The number of carbonyl (C=O) groups is 2. The molecule has 2 N–H and O–H groups in total. The van der Waals surface area contributed by atoms with Crippen LogP contribution in [-0.4, -0.2) is 22.3 Å². The lowest BCUT2D eigenvalue weighted by Crippen LogP contribution is -2.77. The van der Waals surface area contributed by atoms with Crippen LogP contribution in [0.3, 0.4) is 0 Å². The second kappa shape index (κ2) is 5.90. The van der Waals surface area contributed by atoms with Gasteiger partial charge in [0.2, 0.25) is 5.91 Å². The van der Waals surface area contributed by atoms with Crippen molar-refractivity contribution in [2.45, 2.75) is 31.7 Å². The molecule has 2 bridgehead atoms. The first-order chi connectivity index (χ1) is 12.4. The van der Waals surface area contributed by atoms with Crippen molar-refractivity contribution >= 4 is 17.5 Å². The number of pyridine rings is 1. The maximum Gasteiger partial charge on any atom is 0.253 e. The topological polar surface area (TPSA) is 71.1 Å². The SMILES string of the molecule is CC(C(=O)Nc1ccc(F)cc1)C12CC(NC(=O)c3cccnc3)(C1)C2. The lowest BCUT2D eigenvalue weighted by atomic mass is 9.36. The lowest BCUT2D eigenvalue weighted by molar-refractivity contribution is -0.184. The standard InChI is InChI=1S/C20H20FN3O2/c1-13(17(25)23-16-6-4-15(21)5-7-16)19-10-20(11-19,12-19)24-18(26)14-3-2-8-22-9-14/h2-9,13H,10-12H2,1H3,(H,23,25)(H,24,26). The van der Waals surface area contributed by atoms with E-state index in [2.05, 4.69) is 15.6 Å². The molecule has 0 saturated heterocycles. The van der Waals surface area contributed by atoms with Crippen molar-refractivity contribution in [3.8, 4) is 0 Å². The van der Waals surface area contributed by atoms with Crippen molar-refractivity contribution < 1.29 is 14.0 Å². The highest BCUT2D eigenvalue weighted by molar-refractivity contribution is 5.95. The molecule has 5 nitrogen and oxygen atoms in total. The van der Waals surface area contributed by atoms with E-state index in [1.807, 2.05) is 6.92 Å². The number of nitrogens with zero attached hydrogens (tertiary/aromatic N) is 1. The third-order valence-corrected chi connectivity index (χ3v) is 5.80. The quantitative estimate of drug-likeness (QED) is 0.867.